The van der Waals surface area contributed by atoms with Crippen LogP contribution < -0.4 is 5.32 Å². The molecule has 2 aliphatic rings. The lowest BCUT2D eigenvalue weighted by Crippen LogP contribution is -2.29. The Kier molecular flexibility index (Phi) is 2.89. The maximum atomic E-state index is 13.7. The standard InChI is InChI=1S/C14H19FN2/c1-10(13-4-2-3-5-14(13)15)17-8-11-6-16-7-12(11)9-17/h2-5,10-12,16H,6-9H2,1H3/t10?,11-,12+. The number of nitrogens with zero attached hydrogens (tertiary/aromatic N) is 1. The number of fused-ring (bicyclic) bond motifs is 1. The summed E-state index contributed by atoms with van der Waals surface area (Å²) in [7, 11) is 0. The van der Waals surface area contributed by atoms with Gasteiger partial charge in [-0.05, 0) is 37.9 Å². The average Bonchev–Trinajstić information content (AvgIpc) is 2.88. The van der Waals surface area contributed by atoms with E-state index in [9.17, 15) is 4.39 Å². The fourth-order valence-corrected chi connectivity index (χ4v) is 3.22. The van der Waals surface area contributed by atoms with Gasteiger partial charge in [0.1, 0.15) is 5.82 Å². The number of nitrogens with one attached hydrogen (secondary N) is 1. The zero-order valence-corrected chi connectivity index (χ0v) is 10.2. The van der Waals surface area contributed by atoms with Crippen LogP contribution in [0, 0.1) is 17.7 Å². The van der Waals surface area contributed by atoms with Crippen LogP contribution in [0.15, 0.2) is 24.3 Å². The van der Waals surface area contributed by atoms with E-state index in [1.54, 1.807) is 12.1 Å². The highest BCUT2D eigenvalue weighted by Crippen LogP contribution is 2.33. The monoisotopic (exact) mass is 234 g/mol. The zero-order chi connectivity index (χ0) is 11.8. The van der Waals surface area contributed by atoms with E-state index < -0.39 is 0 Å². The summed E-state index contributed by atoms with van der Waals surface area (Å²) in [4.78, 5) is 2.43. The Labute approximate surface area is 102 Å². The molecule has 0 saturated carbocycles. The van der Waals surface area contributed by atoms with Gasteiger partial charge < -0.3 is 5.32 Å². The molecule has 2 aliphatic heterocycles. The molecule has 3 atom stereocenters. The number of halogens is 1. The number of likely N-dealkylation sites (tertiary alicyclic amines) is 1. The Balaban J connectivity index is 1.75. The highest BCUT2D eigenvalue weighted by atomic mass is 19.1. The van der Waals surface area contributed by atoms with Crippen molar-refractivity contribution in [2.45, 2.75) is 13.0 Å². The van der Waals surface area contributed by atoms with Gasteiger partial charge in [-0.3, -0.25) is 4.90 Å². The highest BCUT2D eigenvalue weighted by molar-refractivity contribution is 5.21. The maximum absolute atomic E-state index is 13.7. The Morgan fingerprint density at radius 1 is 1.24 bits per heavy atom. The summed E-state index contributed by atoms with van der Waals surface area (Å²) in [6, 6.07) is 7.35. The van der Waals surface area contributed by atoms with Crippen molar-refractivity contribution < 1.29 is 4.39 Å². The smallest absolute Gasteiger partial charge is 0.127 e. The lowest BCUT2D eigenvalue weighted by molar-refractivity contribution is 0.239. The number of hydrogen-bond acceptors (Lipinski definition) is 2. The third kappa shape index (κ3) is 1.98. The van der Waals surface area contributed by atoms with Gasteiger partial charge in [0, 0.05) is 24.7 Å². The van der Waals surface area contributed by atoms with Crippen molar-refractivity contribution >= 4 is 0 Å². The molecule has 0 bridgehead atoms. The zero-order valence-electron chi connectivity index (χ0n) is 10.2. The summed E-state index contributed by atoms with van der Waals surface area (Å²) in [6.45, 7) is 6.59. The van der Waals surface area contributed by atoms with Crippen molar-refractivity contribution in [1.82, 2.24) is 10.2 Å². The first-order chi connectivity index (χ1) is 8.25. The molecule has 3 heteroatoms. The minimum Gasteiger partial charge on any atom is -0.316 e. The summed E-state index contributed by atoms with van der Waals surface area (Å²) in [5, 5.41) is 3.43. The Hall–Kier alpha value is -0.930. The van der Waals surface area contributed by atoms with E-state index in [2.05, 4.69) is 17.1 Å². The van der Waals surface area contributed by atoms with Crippen molar-refractivity contribution in [3.63, 3.8) is 0 Å². The summed E-state index contributed by atoms with van der Waals surface area (Å²) in [5.41, 5.74) is 0.834. The third-order valence-corrected chi connectivity index (χ3v) is 4.32. The molecule has 1 unspecified atom stereocenters. The van der Waals surface area contributed by atoms with Crippen LogP contribution in [0.2, 0.25) is 0 Å². The molecule has 0 radical (unpaired) electrons. The molecular formula is C14H19FN2. The number of hydrogen-bond donors (Lipinski definition) is 1. The fraction of sp³-hybridized carbons (Fsp3) is 0.571. The van der Waals surface area contributed by atoms with Crippen molar-refractivity contribution in [3.8, 4) is 0 Å². The van der Waals surface area contributed by atoms with Crippen LogP contribution in [-0.4, -0.2) is 31.1 Å². The van der Waals surface area contributed by atoms with E-state index in [1.807, 2.05) is 12.1 Å². The van der Waals surface area contributed by atoms with Crippen LogP contribution in [0.3, 0.4) is 0 Å². The van der Waals surface area contributed by atoms with E-state index in [0.717, 1.165) is 43.6 Å². The van der Waals surface area contributed by atoms with E-state index in [1.165, 1.54) is 0 Å². The molecule has 3 rings (SSSR count). The van der Waals surface area contributed by atoms with Gasteiger partial charge in [-0.2, -0.15) is 0 Å². The molecule has 0 spiro atoms. The van der Waals surface area contributed by atoms with Crippen LogP contribution in [0.4, 0.5) is 4.39 Å². The summed E-state index contributed by atoms with van der Waals surface area (Å²) < 4.78 is 13.7. The normalized spacial score (nSPS) is 30.5. The van der Waals surface area contributed by atoms with Gasteiger partial charge in [0.25, 0.3) is 0 Å². The second-order valence-corrected chi connectivity index (χ2v) is 5.33. The predicted octanol–water partition coefficient (Wildman–Crippen LogP) is 2.04. The Morgan fingerprint density at radius 3 is 2.53 bits per heavy atom. The predicted molar refractivity (Wildman–Crippen MR) is 66.2 cm³/mol. The lowest BCUT2D eigenvalue weighted by atomic mass is 10.0. The van der Waals surface area contributed by atoms with Gasteiger partial charge in [0.15, 0.2) is 0 Å². The van der Waals surface area contributed by atoms with Crippen LogP contribution >= 0.6 is 0 Å². The Morgan fingerprint density at radius 2 is 1.88 bits per heavy atom. The van der Waals surface area contributed by atoms with E-state index in [4.69, 9.17) is 0 Å². The van der Waals surface area contributed by atoms with Gasteiger partial charge in [0.2, 0.25) is 0 Å². The quantitative estimate of drug-likeness (QED) is 0.842. The molecule has 0 aromatic heterocycles. The average molecular weight is 234 g/mol. The first-order valence-electron chi connectivity index (χ1n) is 6.45. The van der Waals surface area contributed by atoms with Crippen LogP contribution in [-0.2, 0) is 0 Å². The first kappa shape index (κ1) is 11.2. The van der Waals surface area contributed by atoms with Crippen molar-refractivity contribution in [2.24, 2.45) is 11.8 Å². The largest absolute Gasteiger partial charge is 0.316 e. The third-order valence-electron chi connectivity index (χ3n) is 4.32. The Bertz CT molecular complexity index is 395. The maximum Gasteiger partial charge on any atom is 0.127 e. The molecule has 2 nitrogen and oxygen atoms in total. The topological polar surface area (TPSA) is 15.3 Å². The molecule has 92 valence electrons. The molecule has 1 N–H and O–H groups in total. The van der Waals surface area contributed by atoms with Crippen LogP contribution in [0.25, 0.3) is 0 Å². The molecular weight excluding hydrogens is 215 g/mol. The molecule has 1 aromatic rings. The molecule has 17 heavy (non-hydrogen) atoms. The second-order valence-electron chi connectivity index (χ2n) is 5.33. The molecule has 2 fully saturated rings. The lowest BCUT2D eigenvalue weighted by Gasteiger charge is -2.25. The van der Waals surface area contributed by atoms with Gasteiger partial charge >= 0.3 is 0 Å². The van der Waals surface area contributed by atoms with Gasteiger partial charge in [-0.1, -0.05) is 18.2 Å². The first-order valence-corrected chi connectivity index (χ1v) is 6.45. The second kappa shape index (κ2) is 4.39. The molecule has 0 aliphatic carbocycles. The van der Waals surface area contributed by atoms with Gasteiger partial charge in [-0.15, -0.1) is 0 Å². The van der Waals surface area contributed by atoms with Crippen LogP contribution in [0.5, 0.6) is 0 Å². The van der Waals surface area contributed by atoms with Crippen molar-refractivity contribution in [2.75, 3.05) is 26.2 Å². The van der Waals surface area contributed by atoms with Gasteiger partial charge in [-0.25, -0.2) is 4.39 Å². The van der Waals surface area contributed by atoms with E-state index in [0.29, 0.717) is 0 Å². The number of rotatable bonds is 2. The highest BCUT2D eigenvalue weighted by Gasteiger charge is 2.38. The van der Waals surface area contributed by atoms with Crippen molar-refractivity contribution in [3.05, 3.63) is 35.6 Å². The van der Waals surface area contributed by atoms with Crippen molar-refractivity contribution in [1.29, 1.82) is 0 Å². The number of benzene rings is 1. The van der Waals surface area contributed by atoms with E-state index in [-0.39, 0.29) is 11.9 Å². The summed E-state index contributed by atoms with van der Waals surface area (Å²) in [5.74, 6) is 1.46. The molecule has 2 heterocycles. The molecule has 0 amide bonds. The fourth-order valence-electron chi connectivity index (χ4n) is 3.22. The SMILES string of the molecule is CC(c1ccccc1F)N1C[C@H]2CNC[C@H]2C1. The minimum atomic E-state index is -0.0739. The van der Waals surface area contributed by atoms with E-state index >= 15 is 0 Å². The van der Waals surface area contributed by atoms with Gasteiger partial charge in [0.05, 0.1) is 0 Å². The molecule has 2 saturated heterocycles. The summed E-state index contributed by atoms with van der Waals surface area (Å²) >= 11 is 0. The van der Waals surface area contributed by atoms with Crippen LogP contribution in [0.1, 0.15) is 18.5 Å². The summed E-state index contributed by atoms with van der Waals surface area (Å²) in [6.07, 6.45) is 0. The minimum absolute atomic E-state index is 0.0739. The molecule has 1 aromatic carbocycles.